The van der Waals surface area contributed by atoms with E-state index in [2.05, 4.69) is 9.64 Å². The number of benzene rings is 1. The van der Waals surface area contributed by atoms with Crippen molar-refractivity contribution in [3.05, 3.63) is 29.6 Å². The third kappa shape index (κ3) is 4.85. The average molecular weight is 344 g/mol. The van der Waals surface area contributed by atoms with E-state index in [1.807, 2.05) is 0 Å². The zero-order chi connectivity index (χ0) is 16.8. The maximum Gasteiger partial charge on any atom is 0.337 e. The second-order valence-electron chi connectivity index (χ2n) is 5.22. The normalized spacial score (nSPS) is 16.9. The summed E-state index contributed by atoms with van der Waals surface area (Å²) in [5.74, 6) is -0.999. The zero-order valence-corrected chi connectivity index (χ0v) is 14.3. The molecule has 1 heterocycles. The molecule has 0 amide bonds. The summed E-state index contributed by atoms with van der Waals surface area (Å²) in [6.45, 7) is 5.83. The Bertz CT molecular complexity index is 538. The summed E-state index contributed by atoms with van der Waals surface area (Å²) in [5.41, 5.74) is 0.481. The van der Waals surface area contributed by atoms with Gasteiger partial charge in [0.15, 0.2) is 0 Å². The number of hydrogen-bond acceptors (Lipinski definition) is 6. The lowest BCUT2D eigenvalue weighted by atomic mass is 10.2. The van der Waals surface area contributed by atoms with Crippen molar-refractivity contribution in [3.8, 4) is 0 Å². The van der Waals surface area contributed by atoms with E-state index in [0.717, 1.165) is 13.1 Å². The van der Waals surface area contributed by atoms with Gasteiger partial charge in [0.05, 0.1) is 31.6 Å². The monoisotopic (exact) mass is 344 g/mol. The van der Waals surface area contributed by atoms with E-state index < -0.39 is 20.1 Å². The molecule has 1 aromatic carbocycles. The van der Waals surface area contributed by atoms with Gasteiger partial charge in [0.25, 0.3) is 0 Å². The Balaban J connectivity index is 2.14. The van der Waals surface area contributed by atoms with E-state index in [9.17, 15) is 14.1 Å². The molecule has 0 aliphatic carbocycles. The number of hydrogen-bond donors (Lipinski definition) is 1. The fourth-order valence-electron chi connectivity index (χ4n) is 2.44. The van der Waals surface area contributed by atoms with Crippen molar-refractivity contribution >= 4 is 20.0 Å². The molecule has 0 saturated carbocycles. The average Bonchev–Trinajstić information content (AvgIpc) is 2.56. The summed E-state index contributed by atoms with van der Waals surface area (Å²) in [4.78, 5) is 23.9. The summed E-state index contributed by atoms with van der Waals surface area (Å²) in [5, 5.41) is 0. The highest BCUT2D eigenvalue weighted by atomic mass is 31.2. The van der Waals surface area contributed by atoms with Gasteiger partial charge in [-0.05, 0) is 24.9 Å². The third-order valence-corrected chi connectivity index (χ3v) is 4.84. The number of esters is 1. The number of carbonyl (C=O) groups excluding carboxylic acids is 1. The molecule has 1 aliphatic rings. The number of rotatable bonds is 6. The maximum atomic E-state index is 14.2. The first-order chi connectivity index (χ1) is 11.0. The molecular formula is C15H22FN2O4P. The van der Waals surface area contributed by atoms with Crippen LogP contribution in [0.25, 0.3) is 0 Å². The van der Waals surface area contributed by atoms with E-state index >= 15 is 0 Å². The van der Waals surface area contributed by atoms with E-state index in [4.69, 9.17) is 4.74 Å². The van der Waals surface area contributed by atoms with Crippen molar-refractivity contribution in [3.63, 3.8) is 0 Å². The standard InChI is InChI=1S/C15H22FN2O4P/c1-21-15(19)12-3-4-13(16)14(11-12)18(23(2)20)6-5-17-7-9-22-10-8-17/h3-4,11,20H,5-10H2,1-2H3. The smallest absolute Gasteiger partial charge is 0.337 e. The van der Waals surface area contributed by atoms with Crippen LogP contribution >= 0.6 is 8.30 Å². The number of carbonyl (C=O) groups is 1. The SMILES string of the molecule is COC(=O)c1ccc(F)c(N(CCN2CCOCC2)P(C)O)c1. The van der Waals surface area contributed by atoms with Crippen LogP contribution in [0.5, 0.6) is 0 Å². The Labute approximate surface area is 136 Å². The van der Waals surface area contributed by atoms with Crippen molar-refractivity contribution < 1.29 is 23.6 Å². The first-order valence-corrected chi connectivity index (χ1v) is 9.10. The molecule has 1 fully saturated rings. The fraction of sp³-hybridized carbons (Fsp3) is 0.533. The molecule has 0 spiro atoms. The molecular weight excluding hydrogens is 322 g/mol. The first kappa shape index (κ1) is 18.1. The van der Waals surface area contributed by atoms with Crippen LogP contribution in [0.2, 0.25) is 0 Å². The predicted octanol–water partition coefficient (Wildman–Crippen LogP) is 1.68. The molecule has 23 heavy (non-hydrogen) atoms. The van der Waals surface area contributed by atoms with Gasteiger partial charge in [0.2, 0.25) is 0 Å². The van der Waals surface area contributed by atoms with Gasteiger partial charge in [-0.2, -0.15) is 0 Å². The summed E-state index contributed by atoms with van der Waals surface area (Å²) in [7, 11) is -0.258. The van der Waals surface area contributed by atoms with Crippen LogP contribution < -0.4 is 4.67 Å². The van der Waals surface area contributed by atoms with Gasteiger partial charge in [-0.3, -0.25) is 4.90 Å². The first-order valence-electron chi connectivity index (χ1n) is 7.41. The number of halogens is 1. The van der Waals surface area contributed by atoms with Crippen LogP contribution in [0.3, 0.4) is 0 Å². The van der Waals surface area contributed by atoms with Crippen molar-refractivity contribution in [1.29, 1.82) is 0 Å². The topological polar surface area (TPSA) is 62.2 Å². The van der Waals surface area contributed by atoms with Crippen molar-refractivity contribution in [2.24, 2.45) is 0 Å². The maximum absolute atomic E-state index is 14.2. The second kappa shape index (κ2) is 8.55. The predicted molar refractivity (Wildman–Crippen MR) is 87.4 cm³/mol. The van der Waals surface area contributed by atoms with E-state index in [-0.39, 0.29) is 11.3 Å². The highest BCUT2D eigenvalue weighted by molar-refractivity contribution is 7.52. The van der Waals surface area contributed by atoms with Crippen LogP contribution in [0.1, 0.15) is 10.4 Å². The Kier molecular flexibility index (Phi) is 6.72. The summed E-state index contributed by atoms with van der Waals surface area (Å²) >= 11 is 0. The van der Waals surface area contributed by atoms with Crippen LogP contribution in [0, 0.1) is 5.82 Å². The van der Waals surface area contributed by atoms with Gasteiger partial charge in [-0.25, -0.2) is 9.18 Å². The Morgan fingerprint density at radius 3 is 2.78 bits per heavy atom. The molecule has 1 atom stereocenters. The minimum atomic E-state index is -1.54. The Morgan fingerprint density at radius 1 is 1.48 bits per heavy atom. The van der Waals surface area contributed by atoms with Gasteiger partial charge in [-0.15, -0.1) is 0 Å². The molecule has 128 valence electrons. The second-order valence-corrected chi connectivity index (χ2v) is 6.69. The van der Waals surface area contributed by atoms with E-state index in [1.54, 1.807) is 11.3 Å². The number of nitrogens with zero attached hydrogens (tertiary/aromatic N) is 2. The quantitative estimate of drug-likeness (QED) is 0.626. The van der Waals surface area contributed by atoms with Gasteiger partial charge in [0, 0.05) is 26.2 Å². The minimum Gasteiger partial charge on any atom is -0.465 e. The molecule has 1 saturated heterocycles. The van der Waals surface area contributed by atoms with E-state index in [1.165, 1.54) is 25.3 Å². The van der Waals surface area contributed by atoms with Crippen LogP contribution in [0.15, 0.2) is 18.2 Å². The molecule has 1 unspecified atom stereocenters. The number of methoxy groups -OCH3 is 1. The largest absolute Gasteiger partial charge is 0.465 e. The molecule has 0 bridgehead atoms. The Morgan fingerprint density at radius 2 is 2.17 bits per heavy atom. The molecule has 1 aromatic rings. The molecule has 6 nitrogen and oxygen atoms in total. The van der Waals surface area contributed by atoms with Gasteiger partial charge in [-0.1, -0.05) is 0 Å². The van der Waals surface area contributed by atoms with Crippen LogP contribution in [-0.2, 0) is 9.47 Å². The van der Waals surface area contributed by atoms with E-state index in [0.29, 0.717) is 26.3 Å². The van der Waals surface area contributed by atoms with Gasteiger partial charge >= 0.3 is 5.97 Å². The van der Waals surface area contributed by atoms with Crippen molar-refractivity contribution in [2.75, 3.05) is 57.8 Å². The zero-order valence-electron chi connectivity index (χ0n) is 13.4. The van der Waals surface area contributed by atoms with Gasteiger partial charge in [0.1, 0.15) is 14.1 Å². The van der Waals surface area contributed by atoms with Crippen LogP contribution in [-0.4, -0.2) is 68.9 Å². The van der Waals surface area contributed by atoms with Crippen molar-refractivity contribution in [1.82, 2.24) is 4.90 Å². The summed E-state index contributed by atoms with van der Waals surface area (Å²) < 4.78 is 25.8. The lowest BCUT2D eigenvalue weighted by Gasteiger charge is -2.32. The molecule has 0 radical (unpaired) electrons. The highest BCUT2D eigenvalue weighted by Crippen LogP contribution is 2.37. The highest BCUT2D eigenvalue weighted by Gasteiger charge is 2.20. The fourth-order valence-corrected chi connectivity index (χ4v) is 3.28. The summed E-state index contributed by atoms with van der Waals surface area (Å²) in [6, 6.07) is 4.03. The third-order valence-electron chi connectivity index (χ3n) is 3.73. The molecule has 2 rings (SSSR count). The lowest BCUT2D eigenvalue weighted by Crippen LogP contribution is -2.40. The molecule has 8 heteroatoms. The Hall–Kier alpha value is -1.27. The number of morpholine rings is 1. The summed E-state index contributed by atoms with van der Waals surface area (Å²) in [6.07, 6.45) is 0. The van der Waals surface area contributed by atoms with Crippen LogP contribution in [0.4, 0.5) is 10.1 Å². The van der Waals surface area contributed by atoms with Crippen molar-refractivity contribution in [2.45, 2.75) is 0 Å². The lowest BCUT2D eigenvalue weighted by molar-refractivity contribution is 0.0395. The molecule has 1 aliphatic heterocycles. The van der Waals surface area contributed by atoms with Gasteiger partial charge < -0.3 is 19.0 Å². The minimum absolute atomic E-state index is 0.220. The molecule has 0 aromatic heterocycles. The molecule has 1 N–H and O–H groups in total. The number of anilines is 1. The number of ether oxygens (including phenoxy) is 2.